The van der Waals surface area contributed by atoms with E-state index >= 15 is 0 Å². The highest BCUT2D eigenvalue weighted by Crippen LogP contribution is 2.36. The second kappa shape index (κ2) is 17.4. The molecule has 0 aliphatic carbocycles. The lowest BCUT2D eigenvalue weighted by atomic mass is 10.1. The maximum atomic E-state index is 12.5. The Labute approximate surface area is 205 Å². The molecule has 0 rings (SSSR count). The summed E-state index contributed by atoms with van der Waals surface area (Å²) in [6, 6.07) is 0. The van der Waals surface area contributed by atoms with Crippen LogP contribution in [0.3, 0.4) is 0 Å². The second-order valence-electron chi connectivity index (χ2n) is 6.89. The highest BCUT2D eigenvalue weighted by atomic mass is 31.2. The van der Waals surface area contributed by atoms with Crippen molar-refractivity contribution in [2.24, 2.45) is 0 Å². The van der Waals surface area contributed by atoms with E-state index in [4.69, 9.17) is 34.2 Å². The highest BCUT2D eigenvalue weighted by molar-refractivity contribution is 7.46. The van der Waals surface area contributed by atoms with Crippen LogP contribution in [0.15, 0.2) is 0 Å². The smallest absolute Gasteiger partial charge is 0.462 e. The fourth-order valence-electron chi connectivity index (χ4n) is 2.44. The summed E-state index contributed by atoms with van der Waals surface area (Å²) in [5.74, 6) is -3.47. The SMILES string of the molecule is [2H]CCCC(=O)OC[C@H](OC(=O)CCC[2H])[C@H](OC(=O)CCC[2H])[C@@H](COP(=O)(O)O)OC(=O)CCC[2H]. The van der Waals surface area contributed by atoms with Crippen LogP contribution in [0, 0.1) is 0 Å². The van der Waals surface area contributed by atoms with Crippen molar-refractivity contribution >= 4 is 31.7 Å². The fourth-order valence-corrected chi connectivity index (χ4v) is 2.79. The first-order chi connectivity index (χ1) is 18.0. The quantitative estimate of drug-likeness (QED) is 0.155. The van der Waals surface area contributed by atoms with Gasteiger partial charge in [0, 0.05) is 31.2 Å². The Hall–Kier alpha value is -2.01. The lowest BCUT2D eigenvalue weighted by Gasteiger charge is -2.32. The first-order valence-corrected chi connectivity index (χ1v) is 12.1. The van der Waals surface area contributed by atoms with Gasteiger partial charge in [0.2, 0.25) is 0 Å². The molecule has 0 aromatic rings. The van der Waals surface area contributed by atoms with Crippen LogP contribution in [0.1, 0.15) is 84.4 Å². The Kier molecular flexibility index (Phi) is 12.9. The molecule has 13 heteroatoms. The van der Waals surface area contributed by atoms with Crippen molar-refractivity contribution in [1.29, 1.82) is 0 Å². The van der Waals surface area contributed by atoms with Gasteiger partial charge in [-0.3, -0.25) is 23.7 Å². The molecule has 0 amide bonds. The minimum Gasteiger partial charge on any atom is -0.462 e. The molecular weight excluding hydrogens is 475 g/mol. The average molecular weight is 517 g/mol. The zero-order chi connectivity index (χ0) is 29.0. The number of ether oxygens (including phenoxy) is 4. The normalized spacial score (nSPS) is 15.5. The number of phosphoric ester groups is 1. The van der Waals surface area contributed by atoms with Gasteiger partial charge in [0.15, 0.2) is 18.3 Å². The molecule has 0 aromatic heterocycles. The van der Waals surface area contributed by atoms with Gasteiger partial charge in [0.1, 0.15) is 6.61 Å². The van der Waals surface area contributed by atoms with E-state index in [0.717, 1.165) is 0 Å². The molecule has 0 aliphatic rings. The first kappa shape index (κ1) is 25.1. The third kappa shape index (κ3) is 15.0. The number of hydrogen-bond acceptors (Lipinski definition) is 10. The van der Waals surface area contributed by atoms with Gasteiger partial charge < -0.3 is 28.7 Å². The number of carbonyl (C=O) groups is 4. The van der Waals surface area contributed by atoms with Crippen LogP contribution < -0.4 is 0 Å². The van der Waals surface area contributed by atoms with Gasteiger partial charge >= 0.3 is 31.7 Å². The van der Waals surface area contributed by atoms with Crippen LogP contribution in [0.4, 0.5) is 0 Å². The Morgan fingerprint density at radius 1 is 0.706 bits per heavy atom. The van der Waals surface area contributed by atoms with E-state index in [1.807, 2.05) is 0 Å². The summed E-state index contributed by atoms with van der Waals surface area (Å²) >= 11 is 0. The van der Waals surface area contributed by atoms with Crippen molar-refractivity contribution < 1.29 is 62.5 Å². The van der Waals surface area contributed by atoms with Crippen LogP contribution in [-0.2, 0) is 47.2 Å². The van der Waals surface area contributed by atoms with E-state index in [2.05, 4.69) is 4.52 Å². The van der Waals surface area contributed by atoms with Crippen molar-refractivity contribution in [2.75, 3.05) is 13.2 Å². The van der Waals surface area contributed by atoms with Gasteiger partial charge in [0.05, 0.1) is 6.61 Å². The van der Waals surface area contributed by atoms with Gasteiger partial charge in [-0.2, -0.15) is 0 Å². The van der Waals surface area contributed by atoms with Crippen molar-refractivity contribution in [3.05, 3.63) is 0 Å². The molecule has 12 nitrogen and oxygen atoms in total. The zero-order valence-electron chi connectivity index (χ0n) is 23.1. The van der Waals surface area contributed by atoms with E-state index in [0.29, 0.717) is 0 Å². The summed E-state index contributed by atoms with van der Waals surface area (Å²) in [6.45, 7) is -2.08. The fraction of sp³-hybridized carbons (Fsp3) is 0.810. The van der Waals surface area contributed by atoms with Crippen LogP contribution >= 0.6 is 7.82 Å². The van der Waals surface area contributed by atoms with Crippen molar-refractivity contribution in [1.82, 2.24) is 0 Å². The molecule has 0 saturated carbocycles. The summed E-state index contributed by atoms with van der Waals surface area (Å²) in [5.41, 5.74) is 0. The van der Waals surface area contributed by atoms with E-state index in [1.165, 1.54) is 0 Å². The highest BCUT2D eigenvalue weighted by Gasteiger charge is 2.40. The predicted molar refractivity (Wildman–Crippen MR) is 118 cm³/mol. The van der Waals surface area contributed by atoms with Crippen LogP contribution in [0.5, 0.6) is 0 Å². The topological polar surface area (TPSA) is 172 Å². The first-order valence-electron chi connectivity index (χ1n) is 13.4. The molecule has 0 radical (unpaired) electrons. The second-order valence-corrected chi connectivity index (χ2v) is 8.13. The van der Waals surface area contributed by atoms with Crippen LogP contribution in [-0.4, -0.2) is 65.2 Å². The molecule has 0 aromatic carbocycles. The maximum absolute atomic E-state index is 12.5. The van der Waals surface area contributed by atoms with Gasteiger partial charge in [-0.1, -0.05) is 27.6 Å². The molecule has 0 heterocycles. The number of phosphoric acid groups is 1. The Bertz CT molecular complexity index is 766. The van der Waals surface area contributed by atoms with Gasteiger partial charge in [-0.05, 0) is 25.7 Å². The molecular formula is C21H37O12P. The number of rotatable bonds is 18. The molecule has 2 N–H and O–H groups in total. The van der Waals surface area contributed by atoms with E-state index in [1.54, 1.807) is 0 Å². The molecule has 0 spiro atoms. The third-order valence-corrected chi connectivity index (χ3v) is 4.39. The van der Waals surface area contributed by atoms with Crippen molar-refractivity contribution in [2.45, 2.75) is 97.3 Å². The average Bonchev–Trinajstić information content (AvgIpc) is 2.86. The molecule has 198 valence electrons. The number of hydrogen-bond donors (Lipinski definition) is 2. The third-order valence-electron chi connectivity index (χ3n) is 3.91. The lowest BCUT2D eigenvalue weighted by Crippen LogP contribution is -2.49. The molecule has 3 atom stereocenters. The van der Waals surface area contributed by atoms with E-state index in [-0.39, 0.29) is 79.0 Å². The maximum Gasteiger partial charge on any atom is 0.469 e. The van der Waals surface area contributed by atoms with Crippen LogP contribution in [0.2, 0.25) is 0 Å². The van der Waals surface area contributed by atoms with E-state index < -0.39 is 63.2 Å². The van der Waals surface area contributed by atoms with Crippen molar-refractivity contribution in [3.8, 4) is 0 Å². The molecule has 0 bridgehead atoms. The largest absolute Gasteiger partial charge is 0.469 e. The standard InChI is InChI=1S/C21H37O12P/c1-5-9-17(22)29-13-15(31-18(23)10-6-2)21(33-20(25)12-8-4)16(14-30-34(26,27)28)32-19(24)11-7-3/h15-16,21H,5-14H2,1-4H3,(H2,26,27,28)/t15-,16+,21-/m0/s1/i1D,2D,3D,4D. The molecule has 0 aliphatic heterocycles. The Morgan fingerprint density at radius 3 is 1.56 bits per heavy atom. The minimum atomic E-state index is -5.11. The zero-order valence-corrected chi connectivity index (χ0v) is 20.0. The lowest BCUT2D eigenvalue weighted by molar-refractivity contribution is -0.194. The molecule has 0 unspecified atom stereocenters. The molecule has 0 fully saturated rings. The van der Waals surface area contributed by atoms with Gasteiger partial charge in [-0.15, -0.1) is 0 Å². The van der Waals surface area contributed by atoms with Gasteiger partial charge in [-0.25, -0.2) is 4.57 Å². The minimum absolute atomic E-state index is 0.0487. The number of carbonyl (C=O) groups excluding carboxylic acids is 4. The summed E-state index contributed by atoms with van der Waals surface area (Å²) < 4.78 is 65.6. The monoisotopic (exact) mass is 516 g/mol. The summed E-state index contributed by atoms with van der Waals surface area (Å²) in [4.78, 5) is 67.5. The van der Waals surface area contributed by atoms with E-state index in [9.17, 15) is 23.7 Å². The van der Waals surface area contributed by atoms with Gasteiger partial charge in [0.25, 0.3) is 0 Å². The number of esters is 4. The summed E-state index contributed by atoms with van der Waals surface area (Å²) in [7, 11) is -5.11. The Morgan fingerprint density at radius 2 is 1.12 bits per heavy atom. The van der Waals surface area contributed by atoms with Crippen LogP contribution in [0.25, 0.3) is 0 Å². The predicted octanol–water partition coefficient (Wildman–Crippen LogP) is 2.57. The van der Waals surface area contributed by atoms with Crippen molar-refractivity contribution in [3.63, 3.8) is 0 Å². The summed E-state index contributed by atoms with van der Waals surface area (Å²) in [5, 5.41) is 0. The Balaban J connectivity index is 6.20. The molecule has 0 saturated heterocycles. The summed E-state index contributed by atoms with van der Waals surface area (Å²) in [6.07, 6.45) is -5.48. The molecule has 34 heavy (non-hydrogen) atoms.